The van der Waals surface area contributed by atoms with Crippen LogP contribution in [0.2, 0.25) is 0 Å². The molecule has 0 radical (unpaired) electrons. The highest BCUT2D eigenvalue weighted by Crippen LogP contribution is 2.34. The van der Waals surface area contributed by atoms with Crippen LogP contribution in [0.5, 0.6) is 0 Å². The van der Waals surface area contributed by atoms with Gasteiger partial charge in [-0.25, -0.2) is 0 Å². The van der Waals surface area contributed by atoms with Crippen molar-refractivity contribution in [1.29, 1.82) is 0 Å². The van der Waals surface area contributed by atoms with Gasteiger partial charge in [0.1, 0.15) is 0 Å². The highest BCUT2D eigenvalue weighted by atomic mass is 15.0. The summed E-state index contributed by atoms with van der Waals surface area (Å²) in [7, 11) is 0. The molecule has 0 bridgehead atoms. The number of hydrogen-bond acceptors (Lipinski definition) is 2. The Balaban J connectivity index is 1.90. The van der Waals surface area contributed by atoms with E-state index in [-0.39, 0.29) is 0 Å². The summed E-state index contributed by atoms with van der Waals surface area (Å²) in [5.74, 6) is 0. The predicted molar refractivity (Wildman–Crippen MR) is 62.7 cm³/mol. The van der Waals surface area contributed by atoms with Crippen molar-refractivity contribution in [1.82, 2.24) is 10.3 Å². The van der Waals surface area contributed by atoms with Gasteiger partial charge in [0, 0.05) is 24.0 Å². The average Bonchev–Trinajstić information content (AvgIpc) is 2.20. The first-order chi connectivity index (χ1) is 7.24. The zero-order valence-electron chi connectivity index (χ0n) is 9.71. The lowest BCUT2D eigenvalue weighted by atomic mass is 9.75. The maximum Gasteiger partial charge on any atom is 0.0372 e. The molecule has 0 aromatic carbocycles. The first kappa shape index (κ1) is 10.6. The maximum atomic E-state index is 4.31. The number of hydrogen-bond donors (Lipinski definition) is 1. The minimum Gasteiger partial charge on any atom is -0.307 e. The Kier molecular flexibility index (Phi) is 3.06. The van der Waals surface area contributed by atoms with E-state index in [2.05, 4.69) is 29.4 Å². The standard InChI is InChI=1S/C13H20N2/c1-3-13(7-4-8-13)15-10-12-6-5-11(2)14-9-12/h5-6,9,15H,3-4,7-8,10H2,1-2H3. The molecule has 2 rings (SSSR count). The van der Waals surface area contributed by atoms with Crippen molar-refractivity contribution in [3.05, 3.63) is 29.6 Å². The molecule has 0 saturated heterocycles. The van der Waals surface area contributed by atoms with E-state index < -0.39 is 0 Å². The van der Waals surface area contributed by atoms with E-state index in [1.54, 1.807) is 0 Å². The minimum atomic E-state index is 0.435. The Hall–Kier alpha value is -0.890. The van der Waals surface area contributed by atoms with E-state index in [0.717, 1.165) is 12.2 Å². The number of nitrogens with zero attached hydrogens (tertiary/aromatic N) is 1. The minimum absolute atomic E-state index is 0.435. The van der Waals surface area contributed by atoms with Crippen LogP contribution in [0.4, 0.5) is 0 Å². The molecule has 2 heteroatoms. The van der Waals surface area contributed by atoms with Gasteiger partial charge in [-0.15, -0.1) is 0 Å². The summed E-state index contributed by atoms with van der Waals surface area (Å²) in [5.41, 5.74) is 2.82. The molecule has 1 aliphatic rings. The zero-order valence-corrected chi connectivity index (χ0v) is 9.71. The summed E-state index contributed by atoms with van der Waals surface area (Å²) >= 11 is 0. The van der Waals surface area contributed by atoms with Crippen LogP contribution >= 0.6 is 0 Å². The first-order valence-corrected chi connectivity index (χ1v) is 5.91. The summed E-state index contributed by atoms with van der Waals surface area (Å²) < 4.78 is 0. The Morgan fingerprint density at radius 3 is 2.67 bits per heavy atom. The number of aromatic nitrogens is 1. The Labute approximate surface area is 92.1 Å². The second kappa shape index (κ2) is 4.31. The van der Waals surface area contributed by atoms with Crippen LogP contribution in [-0.2, 0) is 6.54 Å². The third-order valence-electron chi connectivity index (χ3n) is 3.63. The fourth-order valence-electron chi connectivity index (χ4n) is 2.15. The number of rotatable bonds is 4. The zero-order chi connectivity index (χ0) is 10.7. The molecule has 1 aromatic heterocycles. The predicted octanol–water partition coefficient (Wildman–Crippen LogP) is 2.81. The molecule has 15 heavy (non-hydrogen) atoms. The van der Waals surface area contributed by atoms with Gasteiger partial charge < -0.3 is 5.32 Å². The van der Waals surface area contributed by atoms with Crippen LogP contribution in [0.15, 0.2) is 18.3 Å². The van der Waals surface area contributed by atoms with Gasteiger partial charge in [-0.1, -0.05) is 13.0 Å². The van der Waals surface area contributed by atoms with Crippen LogP contribution in [0.1, 0.15) is 43.9 Å². The lowest BCUT2D eigenvalue weighted by Crippen LogP contribution is -2.49. The second-order valence-corrected chi connectivity index (χ2v) is 4.65. The van der Waals surface area contributed by atoms with Crippen LogP contribution in [0, 0.1) is 6.92 Å². The van der Waals surface area contributed by atoms with Gasteiger partial charge >= 0.3 is 0 Å². The van der Waals surface area contributed by atoms with Crippen molar-refractivity contribution < 1.29 is 0 Å². The number of aryl methyl sites for hydroxylation is 1. The SMILES string of the molecule is CCC1(NCc2ccc(C)nc2)CCC1. The molecule has 1 aliphatic carbocycles. The van der Waals surface area contributed by atoms with Gasteiger partial charge in [0.05, 0.1) is 0 Å². The molecule has 0 spiro atoms. The van der Waals surface area contributed by atoms with Gasteiger partial charge in [-0.3, -0.25) is 4.98 Å². The van der Waals surface area contributed by atoms with Crippen LogP contribution in [0.25, 0.3) is 0 Å². The molecule has 2 nitrogen and oxygen atoms in total. The highest BCUT2D eigenvalue weighted by molar-refractivity contribution is 5.13. The van der Waals surface area contributed by atoms with Crippen molar-refractivity contribution >= 4 is 0 Å². The average molecular weight is 204 g/mol. The molecule has 82 valence electrons. The van der Waals surface area contributed by atoms with Crippen LogP contribution in [0.3, 0.4) is 0 Å². The van der Waals surface area contributed by atoms with Gasteiger partial charge in [-0.2, -0.15) is 0 Å². The Bertz CT molecular complexity index is 306. The molecule has 0 atom stereocenters. The normalized spacial score (nSPS) is 18.5. The molecular formula is C13H20N2. The largest absolute Gasteiger partial charge is 0.307 e. The fourth-order valence-corrected chi connectivity index (χ4v) is 2.15. The van der Waals surface area contributed by atoms with E-state index in [4.69, 9.17) is 0 Å². The van der Waals surface area contributed by atoms with E-state index in [1.807, 2.05) is 13.1 Å². The Morgan fingerprint density at radius 2 is 2.20 bits per heavy atom. The van der Waals surface area contributed by atoms with Crippen molar-refractivity contribution in [2.24, 2.45) is 0 Å². The van der Waals surface area contributed by atoms with Gasteiger partial charge in [0.15, 0.2) is 0 Å². The number of nitrogens with one attached hydrogen (secondary N) is 1. The van der Waals surface area contributed by atoms with Crippen molar-refractivity contribution in [2.45, 2.75) is 51.6 Å². The molecule has 1 fully saturated rings. The summed E-state index contributed by atoms with van der Waals surface area (Å²) in [4.78, 5) is 4.31. The van der Waals surface area contributed by atoms with Crippen molar-refractivity contribution in [2.75, 3.05) is 0 Å². The van der Waals surface area contributed by atoms with E-state index in [9.17, 15) is 0 Å². The summed E-state index contributed by atoms with van der Waals surface area (Å²) in [6.07, 6.45) is 7.27. The lowest BCUT2D eigenvalue weighted by molar-refractivity contribution is 0.175. The molecular weight excluding hydrogens is 184 g/mol. The highest BCUT2D eigenvalue weighted by Gasteiger charge is 2.33. The maximum absolute atomic E-state index is 4.31. The van der Waals surface area contributed by atoms with E-state index >= 15 is 0 Å². The summed E-state index contributed by atoms with van der Waals surface area (Å²) in [6.45, 7) is 5.26. The lowest BCUT2D eigenvalue weighted by Gasteiger charge is -2.42. The third-order valence-corrected chi connectivity index (χ3v) is 3.63. The monoisotopic (exact) mass is 204 g/mol. The second-order valence-electron chi connectivity index (χ2n) is 4.65. The topological polar surface area (TPSA) is 24.9 Å². The fraction of sp³-hybridized carbons (Fsp3) is 0.615. The van der Waals surface area contributed by atoms with Crippen LogP contribution in [-0.4, -0.2) is 10.5 Å². The summed E-state index contributed by atoms with van der Waals surface area (Å²) in [6, 6.07) is 4.24. The van der Waals surface area contributed by atoms with Gasteiger partial charge in [-0.05, 0) is 44.2 Å². The van der Waals surface area contributed by atoms with Gasteiger partial charge in [0.25, 0.3) is 0 Å². The van der Waals surface area contributed by atoms with Crippen LogP contribution < -0.4 is 5.32 Å². The van der Waals surface area contributed by atoms with Gasteiger partial charge in [0.2, 0.25) is 0 Å². The molecule has 0 aliphatic heterocycles. The smallest absolute Gasteiger partial charge is 0.0372 e. The summed E-state index contributed by atoms with van der Waals surface area (Å²) in [5, 5.41) is 3.68. The third kappa shape index (κ3) is 2.37. The quantitative estimate of drug-likeness (QED) is 0.815. The van der Waals surface area contributed by atoms with Crippen molar-refractivity contribution in [3.8, 4) is 0 Å². The molecule has 1 heterocycles. The molecule has 1 saturated carbocycles. The molecule has 1 aromatic rings. The van der Waals surface area contributed by atoms with E-state index in [1.165, 1.54) is 31.2 Å². The van der Waals surface area contributed by atoms with E-state index in [0.29, 0.717) is 5.54 Å². The van der Waals surface area contributed by atoms with Crippen molar-refractivity contribution in [3.63, 3.8) is 0 Å². The Morgan fingerprint density at radius 1 is 1.40 bits per heavy atom. The number of pyridine rings is 1. The molecule has 1 N–H and O–H groups in total. The first-order valence-electron chi connectivity index (χ1n) is 5.91. The molecule has 0 amide bonds. The molecule has 0 unspecified atom stereocenters.